The van der Waals surface area contributed by atoms with Crippen LogP contribution in [0.25, 0.3) is 5.69 Å². The van der Waals surface area contributed by atoms with E-state index in [-0.39, 0.29) is 17.8 Å². The number of nitrogens with one attached hydrogen (secondary N) is 1. The van der Waals surface area contributed by atoms with Crippen LogP contribution in [0.4, 0.5) is 0 Å². The van der Waals surface area contributed by atoms with Gasteiger partial charge in [0.05, 0.1) is 24.9 Å². The van der Waals surface area contributed by atoms with Gasteiger partial charge in [-0.25, -0.2) is 0 Å². The molecule has 178 valence electrons. The number of aromatic hydroxyl groups is 1. The standard InChI is InChI=1S/C28H28N4O2S/c1-18-16-24(19(2)32(18)21-9-11-22(33)12-10-21)27-26(25-6-4-5-15-29-25)30-28(35)31(27)17-20-7-13-23(34-3)14-8-20/h4-16,26-27,33H,17H2,1-3H3,(H,30,35)/t26-,27-/m0/s1. The zero-order chi connectivity index (χ0) is 24.5. The topological polar surface area (TPSA) is 62.5 Å². The molecule has 35 heavy (non-hydrogen) atoms. The van der Waals surface area contributed by atoms with Crippen molar-refractivity contribution in [3.63, 3.8) is 0 Å². The highest BCUT2D eigenvalue weighted by Crippen LogP contribution is 2.42. The minimum atomic E-state index is -0.0873. The summed E-state index contributed by atoms with van der Waals surface area (Å²) in [5.74, 6) is 1.08. The summed E-state index contributed by atoms with van der Waals surface area (Å²) in [7, 11) is 1.67. The van der Waals surface area contributed by atoms with Crippen LogP contribution in [-0.2, 0) is 6.54 Å². The van der Waals surface area contributed by atoms with Crippen LogP contribution in [0.3, 0.4) is 0 Å². The fraction of sp³-hybridized carbons (Fsp3) is 0.214. The molecular weight excluding hydrogens is 456 g/mol. The number of aromatic nitrogens is 2. The predicted molar refractivity (Wildman–Crippen MR) is 141 cm³/mol. The van der Waals surface area contributed by atoms with Crippen LogP contribution in [0.1, 0.15) is 40.3 Å². The zero-order valence-corrected chi connectivity index (χ0v) is 20.8. The second kappa shape index (κ2) is 9.43. The van der Waals surface area contributed by atoms with Gasteiger partial charge in [-0.3, -0.25) is 4.98 Å². The van der Waals surface area contributed by atoms with Crippen molar-refractivity contribution >= 4 is 17.3 Å². The molecule has 0 spiro atoms. The molecular formula is C28H28N4O2S. The molecule has 1 aliphatic heterocycles. The summed E-state index contributed by atoms with van der Waals surface area (Å²) in [6.07, 6.45) is 1.82. The first-order valence-corrected chi connectivity index (χ1v) is 12.0. The van der Waals surface area contributed by atoms with Crippen LogP contribution in [0, 0.1) is 13.8 Å². The summed E-state index contributed by atoms with van der Waals surface area (Å²) in [6, 6.07) is 23.5. The van der Waals surface area contributed by atoms with Gasteiger partial charge in [-0.05, 0) is 91.8 Å². The lowest BCUT2D eigenvalue weighted by Gasteiger charge is -2.28. The minimum Gasteiger partial charge on any atom is -0.508 e. The number of ether oxygens (including phenoxy) is 1. The highest BCUT2D eigenvalue weighted by molar-refractivity contribution is 7.80. The van der Waals surface area contributed by atoms with Crippen LogP contribution in [0.2, 0.25) is 0 Å². The Morgan fingerprint density at radius 1 is 1.03 bits per heavy atom. The number of phenols is 1. The van der Waals surface area contributed by atoms with Crippen molar-refractivity contribution in [1.82, 2.24) is 19.8 Å². The fourth-order valence-electron chi connectivity index (χ4n) is 4.93. The van der Waals surface area contributed by atoms with Gasteiger partial charge in [-0.2, -0.15) is 0 Å². The fourth-order valence-corrected chi connectivity index (χ4v) is 5.23. The quantitative estimate of drug-likeness (QED) is 0.359. The van der Waals surface area contributed by atoms with Gasteiger partial charge in [0.15, 0.2) is 5.11 Å². The molecule has 0 radical (unpaired) electrons. The van der Waals surface area contributed by atoms with Gasteiger partial charge >= 0.3 is 0 Å². The molecule has 2 atom stereocenters. The molecule has 2 aromatic carbocycles. The van der Waals surface area contributed by atoms with Gasteiger partial charge in [-0.15, -0.1) is 0 Å². The average molecular weight is 485 g/mol. The second-order valence-corrected chi connectivity index (χ2v) is 9.17. The first-order valence-electron chi connectivity index (χ1n) is 11.6. The lowest BCUT2D eigenvalue weighted by molar-refractivity contribution is 0.310. The van der Waals surface area contributed by atoms with Crippen molar-refractivity contribution in [1.29, 1.82) is 0 Å². The summed E-state index contributed by atoms with van der Waals surface area (Å²) in [5, 5.41) is 14.0. The maximum atomic E-state index is 9.76. The van der Waals surface area contributed by atoms with E-state index in [2.05, 4.69) is 51.8 Å². The molecule has 0 unspecified atom stereocenters. The smallest absolute Gasteiger partial charge is 0.170 e. The van der Waals surface area contributed by atoms with Crippen molar-refractivity contribution in [2.75, 3.05) is 7.11 Å². The molecule has 1 saturated heterocycles. The van der Waals surface area contributed by atoms with E-state index in [9.17, 15) is 5.11 Å². The van der Waals surface area contributed by atoms with Crippen LogP contribution in [-0.4, -0.2) is 31.8 Å². The molecule has 3 heterocycles. The Morgan fingerprint density at radius 3 is 2.43 bits per heavy atom. The van der Waals surface area contributed by atoms with E-state index in [0.717, 1.165) is 34.1 Å². The van der Waals surface area contributed by atoms with E-state index in [1.807, 2.05) is 48.7 Å². The number of hydrogen-bond donors (Lipinski definition) is 2. The second-order valence-electron chi connectivity index (χ2n) is 8.78. The number of phenolic OH excluding ortho intramolecular Hbond substituents is 1. The van der Waals surface area contributed by atoms with Gasteiger partial charge in [0.1, 0.15) is 11.5 Å². The lowest BCUT2D eigenvalue weighted by Crippen LogP contribution is -2.29. The summed E-state index contributed by atoms with van der Waals surface area (Å²) in [6.45, 7) is 4.90. The summed E-state index contributed by atoms with van der Waals surface area (Å²) < 4.78 is 7.55. The molecule has 2 N–H and O–H groups in total. The van der Waals surface area contributed by atoms with Crippen molar-refractivity contribution in [2.24, 2.45) is 0 Å². The number of rotatable bonds is 6. The van der Waals surface area contributed by atoms with Gasteiger partial charge in [0, 0.05) is 29.8 Å². The number of nitrogens with zero attached hydrogens (tertiary/aromatic N) is 3. The van der Waals surface area contributed by atoms with E-state index < -0.39 is 0 Å². The van der Waals surface area contributed by atoms with Gasteiger partial charge in [-0.1, -0.05) is 18.2 Å². The summed E-state index contributed by atoms with van der Waals surface area (Å²) in [5.41, 5.74) is 6.54. The largest absolute Gasteiger partial charge is 0.508 e. The van der Waals surface area contributed by atoms with Crippen molar-refractivity contribution < 1.29 is 9.84 Å². The molecule has 4 aromatic rings. The summed E-state index contributed by atoms with van der Waals surface area (Å²) >= 11 is 5.86. The Labute approximate surface area is 210 Å². The van der Waals surface area contributed by atoms with Crippen molar-refractivity contribution in [3.05, 3.63) is 107 Å². The molecule has 6 nitrogen and oxygen atoms in total. The zero-order valence-electron chi connectivity index (χ0n) is 20.0. The highest BCUT2D eigenvalue weighted by Gasteiger charge is 2.41. The van der Waals surface area contributed by atoms with Gasteiger partial charge in [0.25, 0.3) is 0 Å². The number of hydrogen-bond acceptors (Lipinski definition) is 4. The SMILES string of the molecule is COc1ccc(CN2C(=S)N[C@@H](c3ccccn3)[C@@H]2c2cc(C)n(-c3ccc(O)cc3)c2C)cc1. The average Bonchev–Trinajstić information content (AvgIpc) is 3.35. The molecule has 0 saturated carbocycles. The molecule has 1 aliphatic rings. The molecule has 2 aromatic heterocycles. The molecule has 0 bridgehead atoms. The number of methoxy groups -OCH3 is 1. The lowest BCUT2D eigenvalue weighted by atomic mass is 9.96. The third-order valence-corrected chi connectivity index (χ3v) is 6.96. The number of benzene rings is 2. The minimum absolute atomic E-state index is 0.0448. The Kier molecular flexibility index (Phi) is 6.17. The number of pyridine rings is 1. The van der Waals surface area contributed by atoms with E-state index in [1.54, 1.807) is 19.2 Å². The Bertz CT molecular complexity index is 1330. The molecule has 5 rings (SSSR count). The van der Waals surface area contributed by atoms with E-state index >= 15 is 0 Å². The van der Waals surface area contributed by atoms with Crippen LogP contribution in [0.15, 0.2) is 79.0 Å². The van der Waals surface area contributed by atoms with Crippen LogP contribution < -0.4 is 10.1 Å². The number of thiocarbonyl (C=S) groups is 1. The third kappa shape index (κ3) is 4.35. The maximum absolute atomic E-state index is 9.76. The van der Waals surface area contributed by atoms with E-state index in [1.165, 1.54) is 5.56 Å². The normalized spacial score (nSPS) is 17.5. The summed E-state index contributed by atoms with van der Waals surface area (Å²) in [4.78, 5) is 6.91. The Hall–Kier alpha value is -3.84. The van der Waals surface area contributed by atoms with E-state index in [0.29, 0.717) is 11.7 Å². The van der Waals surface area contributed by atoms with Crippen LogP contribution in [0.5, 0.6) is 11.5 Å². The Morgan fingerprint density at radius 2 is 1.77 bits per heavy atom. The number of aryl methyl sites for hydroxylation is 1. The van der Waals surface area contributed by atoms with Crippen molar-refractivity contribution in [3.8, 4) is 17.2 Å². The third-order valence-electron chi connectivity index (χ3n) is 6.61. The van der Waals surface area contributed by atoms with E-state index in [4.69, 9.17) is 17.0 Å². The highest BCUT2D eigenvalue weighted by atomic mass is 32.1. The molecule has 1 fully saturated rings. The molecule has 0 aliphatic carbocycles. The Balaban J connectivity index is 1.59. The van der Waals surface area contributed by atoms with Crippen molar-refractivity contribution in [2.45, 2.75) is 32.5 Å². The van der Waals surface area contributed by atoms with Gasteiger partial charge in [0.2, 0.25) is 0 Å². The first-order chi connectivity index (χ1) is 17.0. The molecule has 0 amide bonds. The first kappa shape index (κ1) is 22.9. The monoisotopic (exact) mass is 484 g/mol. The van der Waals surface area contributed by atoms with Crippen LogP contribution >= 0.6 is 12.2 Å². The molecule has 7 heteroatoms. The predicted octanol–water partition coefficient (Wildman–Crippen LogP) is 5.38. The maximum Gasteiger partial charge on any atom is 0.170 e. The van der Waals surface area contributed by atoms with Gasteiger partial charge < -0.3 is 24.6 Å².